The summed E-state index contributed by atoms with van der Waals surface area (Å²) in [4.78, 5) is 2.76. The highest BCUT2D eigenvalue weighted by Gasteiger charge is 2.35. The second kappa shape index (κ2) is 9.01. The molecule has 1 saturated heterocycles. The van der Waals surface area contributed by atoms with E-state index in [2.05, 4.69) is 45.0 Å². The fourth-order valence-electron chi connectivity index (χ4n) is 3.62. The molecule has 3 nitrogen and oxygen atoms in total. The summed E-state index contributed by atoms with van der Waals surface area (Å²) in [6.45, 7) is 14.8. The van der Waals surface area contributed by atoms with Crippen molar-refractivity contribution in [1.29, 1.82) is 0 Å². The molecule has 0 aromatic carbocycles. The van der Waals surface area contributed by atoms with Gasteiger partial charge in [0, 0.05) is 38.9 Å². The molecule has 0 atom stereocenters. The Labute approximate surface area is 126 Å². The van der Waals surface area contributed by atoms with E-state index in [1.165, 1.54) is 38.8 Å². The minimum absolute atomic E-state index is 0.407. The number of hydrogen-bond acceptors (Lipinski definition) is 3. The molecule has 1 aliphatic heterocycles. The van der Waals surface area contributed by atoms with Crippen LogP contribution in [0.4, 0.5) is 0 Å². The SMILES string of the molecule is CCC(CC)N(CC(C)C)CC1(CNC)CCOCC1. The van der Waals surface area contributed by atoms with Crippen LogP contribution in [0.3, 0.4) is 0 Å². The van der Waals surface area contributed by atoms with E-state index in [9.17, 15) is 0 Å². The first-order valence-electron chi connectivity index (χ1n) is 8.53. The number of rotatable bonds is 9. The lowest BCUT2D eigenvalue weighted by atomic mass is 9.79. The number of hydrogen-bond donors (Lipinski definition) is 1. The van der Waals surface area contributed by atoms with E-state index >= 15 is 0 Å². The molecule has 1 aliphatic rings. The molecule has 0 aromatic heterocycles. The van der Waals surface area contributed by atoms with Crippen molar-refractivity contribution < 1.29 is 4.74 Å². The Hall–Kier alpha value is -0.120. The summed E-state index contributed by atoms with van der Waals surface area (Å²) in [5.74, 6) is 0.738. The molecule has 1 heterocycles. The molecule has 0 saturated carbocycles. The molecule has 0 radical (unpaired) electrons. The van der Waals surface area contributed by atoms with E-state index in [1.807, 2.05) is 0 Å². The molecule has 120 valence electrons. The van der Waals surface area contributed by atoms with Crippen LogP contribution in [-0.2, 0) is 4.74 Å². The van der Waals surface area contributed by atoms with Gasteiger partial charge in [0.2, 0.25) is 0 Å². The lowest BCUT2D eigenvalue weighted by Gasteiger charge is -2.44. The minimum atomic E-state index is 0.407. The number of ether oxygens (including phenoxy) is 1. The van der Waals surface area contributed by atoms with Gasteiger partial charge < -0.3 is 10.1 Å². The maximum absolute atomic E-state index is 5.60. The summed E-state index contributed by atoms with van der Waals surface area (Å²) in [5.41, 5.74) is 0.407. The first-order valence-corrected chi connectivity index (χ1v) is 8.53. The fourth-order valence-corrected chi connectivity index (χ4v) is 3.62. The number of nitrogens with one attached hydrogen (secondary N) is 1. The third kappa shape index (κ3) is 5.34. The standard InChI is InChI=1S/C17H36N2O/c1-6-16(7-2)19(12-15(3)4)14-17(13-18-5)8-10-20-11-9-17/h15-16,18H,6-14H2,1-5H3. The summed E-state index contributed by atoms with van der Waals surface area (Å²) in [5, 5.41) is 3.43. The average molecular weight is 284 g/mol. The molecule has 1 N–H and O–H groups in total. The van der Waals surface area contributed by atoms with Gasteiger partial charge in [-0.25, -0.2) is 0 Å². The normalized spacial score (nSPS) is 19.2. The van der Waals surface area contributed by atoms with Crippen LogP contribution in [0.5, 0.6) is 0 Å². The van der Waals surface area contributed by atoms with Crippen LogP contribution in [-0.4, -0.2) is 50.8 Å². The van der Waals surface area contributed by atoms with Crippen molar-refractivity contribution in [2.75, 3.05) is 39.9 Å². The zero-order valence-corrected chi connectivity index (χ0v) is 14.4. The fraction of sp³-hybridized carbons (Fsp3) is 1.00. The molecule has 1 fully saturated rings. The Morgan fingerprint density at radius 3 is 2.20 bits per heavy atom. The van der Waals surface area contributed by atoms with Crippen molar-refractivity contribution in [3.8, 4) is 0 Å². The Kier molecular flexibility index (Phi) is 8.08. The predicted octanol–water partition coefficient (Wildman–Crippen LogP) is 3.15. The van der Waals surface area contributed by atoms with Crippen molar-refractivity contribution in [3.63, 3.8) is 0 Å². The Morgan fingerprint density at radius 2 is 1.75 bits per heavy atom. The van der Waals surface area contributed by atoms with E-state index in [-0.39, 0.29) is 0 Å². The van der Waals surface area contributed by atoms with Gasteiger partial charge in [-0.15, -0.1) is 0 Å². The summed E-state index contributed by atoms with van der Waals surface area (Å²) in [6.07, 6.45) is 4.91. The van der Waals surface area contributed by atoms with Crippen molar-refractivity contribution in [2.45, 2.75) is 59.4 Å². The monoisotopic (exact) mass is 284 g/mol. The summed E-state index contributed by atoms with van der Waals surface area (Å²) in [6, 6.07) is 0.731. The van der Waals surface area contributed by atoms with Gasteiger partial charge in [-0.1, -0.05) is 27.7 Å². The molecule has 0 aromatic rings. The van der Waals surface area contributed by atoms with E-state index in [0.29, 0.717) is 5.41 Å². The van der Waals surface area contributed by atoms with Crippen LogP contribution < -0.4 is 5.32 Å². The maximum atomic E-state index is 5.60. The zero-order valence-electron chi connectivity index (χ0n) is 14.4. The van der Waals surface area contributed by atoms with E-state index in [4.69, 9.17) is 4.74 Å². The molecule has 0 aliphatic carbocycles. The van der Waals surface area contributed by atoms with Crippen LogP contribution >= 0.6 is 0 Å². The molecule has 3 heteroatoms. The highest BCUT2D eigenvalue weighted by Crippen LogP contribution is 2.32. The van der Waals surface area contributed by atoms with Crippen molar-refractivity contribution in [1.82, 2.24) is 10.2 Å². The predicted molar refractivity (Wildman–Crippen MR) is 87.2 cm³/mol. The Morgan fingerprint density at radius 1 is 1.15 bits per heavy atom. The maximum Gasteiger partial charge on any atom is 0.0472 e. The quantitative estimate of drug-likeness (QED) is 0.704. The summed E-state index contributed by atoms with van der Waals surface area (Å²) >= 11 is 0. The van der Waals surface area contributed by atoms with Crippen LogP contribution in [0, 0.1) is 11.3 Å². The lowest BCUT2D eigenvalue weighted by molar-refractivity contribution is -0.0142. The van der Waals surface area contributed by atoms with Crippen LogP contribution in [0.15, 0.2) is 0 Å². The van der Waals surface area contributed by atoms with E-state index in [0.717, 1.165) is 31.7 Å². The van der Waals surface area contributed by atoms with Gasteiger partial charge in [0.25, 0.3) is 0 Å². The molecule has 0 spiro atoms. The topological polar surface area (TPSA) is 24.5 Å². The second-order valence-corrected chi connectivity index (χ2v) is 6.94. The smallest absolute Gasteiger partial charge is 0.0472 e. The van der Waals surface area contributed by atoms with Crippen LogP contribution in [0.2, 0.25) is 0 Å². The number of nitrogens with zero attached hydrogens (tertiary/aromatic N) is 1. The van der Waals surface area contributed by atoms with Gasteiger partial charge >= 0.3 is 0 Å². The van der Waals surface area contributed by atoms with Gasteiger partial charge in [0.15, 0.2) is 0 Å². The summed E-state index contributed by atoms with van der Waals surface area (Å²) in [7, 11) is 2.08. The second-order valence-electron chi connectivity index (χ2n) is 6.94. The molecule has 1 rings (SSSR count). The lowest BCUT2D eigenvalue weighted by Crippen LogP contribution is -2.50. The highest BCUT2D eigenvalue weighted by molar-refractivity contribution is 4.88. The van der Waals surface area contributed by atoms with Crippen LogP contribution in [0.1, 0.15) is 53.4 Å². The van der Waals surface area contributed by atoms with Crippen molar-refractivity contribution in [3.05, 3.63) is 0 Å². The van der Waals surface area contributed by atoms with Crippen LogP contribution in [0.25, 0.3) is 0 Å². The third-order valence-electron chi connectivity index (χ3n) is 4.70. The van der Waals surface area contributed by atoms with Gasteiger partial charge in [-0.3, -0.25) is 4.90 Å². The molecule has 0 unspecified atom stereocenters. The van der Waals surface area contributed by atoms with E-state index in [1.54, 1.807) is 0 Å². The van der Waals surface area contributed by atoms with Gasteiger partial charge in [0.1, 0.15) is 0 Å². The zero-order chi connectivity index (χ0) is 15.0. The third-order valence-corrected chi connectivity index (χ3v) is 4.70. The molecular weight excluding hydrogens is 248 g/mol. The van der Waals surface area contributed by atoms with Gasteiger partial charge in [-0.2, -0.15) is 0 Å². The van der Waals surface area contributed by atoms with E-state index < -0.39 is 0 Å². The summed E-state index contributed by atoms with van der Waals surface area (Å²) < 4.78 is 5.60. The molecule has 20 heavy (non-hydrogen) atoms. The molecule has 0 bridgehead atoms. The Balaban J connectivity index is 2.77. The highest BCUT2D eigenvalue weighted by atomic mass is 16.5. The first-order chi connectivity index (χ1) is 9.56. The molecule has 0 amide bonds. The van der Waals surface area contributed by atoms with Crippen molar-refractivity contribution >= 4 is 0 Å². The minimum Gasteiger partial charge on any atom is -0.381 e. The Bertz CT molecular complexity index is 240. The molecular formula is C17H36N2O. The van der Waals surface area contributed by atoms with Crippen molar-refractivity contribution in [2.24, 2.45) is 11.3 Å². The van der Waals surface area contributed by atoms with Gasteiger partial charge in [0.05, 0.1) is 0 Å². The van der Waals surface area contributed by atoms with Gasteiger partial charge in [-0.05, 0) is 44.1 Å². The average Bonchev–Trinajstić information content (AvgIpc) is 2.40. The largest absolute Gasteiger partial charge is 0.381 e. The first kappa shape index (κ1) is 17.9.